The summed E-state index contributed by atoms with van der Waals surface area (Å²) < 4.78 is 41.2. The lowest BCUT2D eigenvalue weighted by Crippen LogP contribution is -2.12. The van der Waals surface area contributed by atoms with Crippen molar-refractivity contribution in [2.24, 2.45) is 0 Å². The summed E-state index contributed by atoms with van der Waals surface area (Å²) in [6, 6.07) is 13.6. The van der Waals surface area contributed by atoms with Crippen LogP contribution in [-0.2, 0) is 11.9 Å². The van der Waals surface area contributed by atoms with E-state index in [0.717, 1.165) is 41.1 Å². The standard InChI is InChI=1S/C23H24F3N3S/c1-16-8-5-6-13-20(16)29-21(18-10-3-2-4-11-18)27-28-22(29)30-15-17-9-7-12-19(14-17)23(24,25)26/h5-9,12-14,18H,2-4,10-11,15H2,1H3. The Morgan fingerprint density at radius 2 is 1.77 bits per heavy atom. The van der Waals surface area contributed by atoms with E-state index in [2.05, 4.69) is 33.8 Å². The monoisotopic (exact) mass is 431 g/mol. The van der Waals surface area contributed by atoms with Crippen molar-refractivity contribution in [2.75, 3.05) is 0 Å². The number of nitrogens with zero attached hydrogens (tertiary/aromatic N) is 3. The Hall–Kier alpha value is -2.28. The molecule has 2 aromatic carbocycles. The maximum absolute atomic E-state index is 13.0. The number of halogens is 3. The van der Waals surface area contributed by atoms with Gasteiger partial charge in [0.25, 0.3) is 0 Å². The van der Waals surface area contributed by atoms with Crippen molar-refractivity contribution in [3.8, 4) is 5.69 Å². The van der Waals surface area contributed by atoms with E-state index in [0.29, 0.717) is 17.2 Å². The molecule has 0 bridgehead atoms. The van der Waals surface area contributed by atoms with E-state index in [1.54, 1.807) is 6.07 Å². The maximum atomic E-state index is 13.0. The largest absolute Gasteiger partial charge is 0.416 e. The van der Waals surface area contributed by atoms with E-state index in [1.165, 1.54) is 43.2 Å². The van der Waals surface area contributed by atoms with Gasteiger partial charge < -0.3 is 0 Å². The van der Waals surface area contributed by atoms with Crippen LogP contribution in [0.15, 0.2) is 53.7 Å². The number of hydrogen-bond donors (Lipinski definition) is 0. The molecule has 0 spiro atoms. The van der Waals surface area contributed by atoms with E-state index in [9.17, 15) is 13.2 Å². The number of hydrogen-bond acceptors (Lipinski definition) is 3. The van der Waals surface area contributed by atoms with Gasteiger partial charge in [0.15, 0.2) is 5.16 Å². The van der Waals surface area contributed by atoms with Crippen LogP contribution >= 0.6 is 11.8 Å². The minimum absolute atomic E-state index is 0.369. The number of rotatable bonds is 5. The molecule has 0 aliphatic heterocycles. The number of aromatic nitrogens is 3. The maximum Gasteiger partial charge on any atom is 0.416 e. The zero-order chi connectivity index (χ0) is 21.1. The third-order valence-corrected chi connectivity index (χ3v) is 6.61. The van der Waals surface area contributed by atoms with Crippen molar-refractivity contribution in [3.05, 3.63) is 71.0 Å². The zero-order valence-corrected chi connectivity index (χ0v) is 17.6. The van der Waals surface area contributed by atoms with Gasteiger partial charge in [-0.2, -0.15) is 13.2 Å². The number of aryl methyl sites for hydroxylation is 1. The number of para-hydroxylation sites is 1. The fourth-order valence-corrected chi connectivity index (χ4v) is 4.92. The van der Waals surface area contributed by atoms with Crippen LogP contribution in [0.3, 0.4) is 0 Å². The Bertz CT molecular complexity index is 1010. The quantitative estimate of drug-likeness (QED) is 0.410. The van der Waals surface area contributed by atoms with Crippen molar-refractivity contribution in [3.63, 3.8) is 0 Å². The molecule has 0 N–H and O–H groups in total. The Labute approximate surface area is 178 Å². The van der Waals surface area contributed by atoms with Gasteiger partial charge >= 0.3 is 6.18 Å². The molecule has 1 saturated carbocycles. The molecule has 0 atom stereocenters. The highest BCUT2D eigenvalue weighted by atomic mass is 32.2. The van der Waals surface area contributed by atoms with Crippen LogP contribution in [0.25, 0.3) is 5.69 Å². The first-order valence-electron chi connectivity index (χ1n) is 10.2. The summed E-state index contributed by atoms with van der Waals surface area (Å²) in [5.41, 5.74) is 2.15. The van der Waals surface area contributed by atoms with Gasteiger partial charge in [-0.1, -0.05) is 67.4 Å². The average molecular weight is 432 g/mol. The van der Waals surface area contributed by atoms with E-state index < -0.39 is 11.7 Å². The molecule has 3 aromatic rings. The lowest BCUT2D eigenvalue weighted by atomic mass is 9.88. The van der Waals surface area contributed by atoms with E-state index in [4.69, 9.17) is 0 Å². The highest BCUT2D eigenvalue weighted by Gasteiger charge is 2.30. The Kier molecular flexibility index (Phi) is 6.18. The topological polar surface area (TPSA) is 30.7 Å². The lowest BCUT2D eigenvalue weighted by molar-refractivity contribution is -0.137. The molecular formula is C23H24F3N3S. The summed E-state index contributed by atoms with van der Waals surface area (Å²) in [4.78, 5) is 0. The Morgan fingerprint density at radius 1 is 1.00 bits per heavy atom. The minimum atomic E-state index is -4.34. The van der Waals surface area contributed by atoms with Gasteiger partial charge in [-0.3, -0.25) is 4.57 Å². The van der Waals surface area contributed by atoms with Crippen LogP contribution in [-0.4, -0.2) is 14.8 Å². The number of alkyl halides is 3. The second-order valence-corrected chi connectivity index (χ2v) is 8.73. The highest BCUT2D eigenvalue weighted by Crippen LogP contribution is 2.36. The molecule has 0 amide bonds. The van der Waals surface area contributed by atoms with Gasteiger partial charge in [-0.25, -0.2) is 0 Å². The highest BCUT2D eigenvalue weighted by molar-refractivity contribution is 7.98. The Morgan fingerprint density at radius 3 is 2.50 bits per heavy atom. The van der Waals surface area contributed by atoms with Gasteiger partial charge in [0.05, 0.1) is 11.3 Å². The van der Waals surface area contributed by atoms with Crippen molar-refractivity contribution in [2.45, 2.75) is 62.0 Å². The predicted octanol–water partition coefficient (Wildman–Crippen LogP) is 6.93. The fourth-order valence-electron chi connectivity index (χ4n) is 4.03. The molecule has 0 radical (unpaired) electrons. The van der Waals surface area contributed by atoms with Gasteiger partial charge in [0.2, 0.25) is 0 Å². The molecular weight excluding hydrogens is 407 g/mol. The van der Waals surface area contributed by atoms with Crippen LogP contribution in [0, 0.1) is 6.92 Å². The molecule has 0 saturated heterocycles. The molecule has 1 fully saturated rings. The smallest absolute Gasteiger partial charge is 0.274 e. The van der Waals surface area contributed by atoms with Crippen molar-refractivity contribution in [1.29, 1.82) is 0 Å². The molecule has 0 unspecified atom stereocenters. The summed E-state index contributed by atoms with van der Waals surface area (Å²) >= 11 is 1.43. The molecule has 1 aliphatic rings. The predicted molar refractivity (Wildman–Crippen MR) is 113 cm³/mol. The van der Waals surface area contributed by atoms with Crippen molar-refractivity contribution < 1.29 is 13.2 Å². The molecule has 158 valence electrons. The first-order chi connectivity index (χ1) is 14.4. The van der Waals surface area contributed by atoms with Crippen molar-refractivity contribution in [1.82, 2.24) is 14.8 Å². The van der Waals surface area contributed by atoms with Gasteiger partial charge in [-0.05, 0) is 43.0 Å². The van der Waals surface area contributed by atoms with E-state index in [-0.39, 0.29) is 0 Å². The van der Waals surface area contributed by atoms with Gasteiger partial charge in [-0.15, -0.1) is 10.2 Å². The zero-order valence-electron chi connectivity index (χ0n) is 16.8. The second-order valence-electron chi connectivity index (χ2n) is 7.78. The summed E-state index contributed by atoms with van der Waals surface area (Å²) in [6.45, 7) is 2.06. The summed E-state index contributed by atoms with van der Waals surface area (Å²) in [7, 11) is 0. The van der Waals surface area contributed by atoms with E-state index >= 15 is 0 Å². The fraction of sp³-hybridized carbons (Fsp3) is 0.391. The molecule has 30 heavy (non-hydrogen) atoms. The van der Waals surface area contributed by atoms with Crippen LogP contribution in [0.2, 0.25) is 0 Å². The molecule has 1 heterocycles. The summed E-state index contributed by atoms with van der Waals surface area (Å²) in [5, 5.41) is 9.71. The van der Waals surface area contributed by atoms with Crippen molar-refractivity contribution >= 4 is 11.8 Å². The SMILES string of the molecule is Cc1ccccc1-n1c(SCc2cccc(C(F)(F)F)c2)nnc1C1CCCCC1. The average Bonchev–Trinajstić information content (AvgIpc) is 3.16. The molecule has 1 aliphatic carbocycles. The lowest BCUT2D eigenvalue weighted by Gasteiger charge is -2.22. The first kappa shape index (κ1) is 21.0. The summed E-state index contributed by atoms with van der Waals surface area (Å²) in [5.74, 6) is 1.74. The first-order valence-corrected chi connectivity index (χ1v) is 11.2. The third kappa shape index (κ3) is 4.56. The van der Waals surface area contributed by atoms with E-state index in [1.807, 2.05) is 12.1 Å². The van der Waals surface area contributed by atoms with Crippen LogP contribution in [0.4, 0.5) is 13.2 Å². The molecule has 4 rings (SSSR count). The number of benzene rings is 2. The van der Waals surface area contributed by atoms with Gasteiger partial charge in [0, 0.05) is 11.7 Å². The van der Waals surface area contributed by atoms with Crippen LogP contribution < -0.4 is 0 Å². The molecule has 3 nitrogen and oxygen atoms in total. The molecule has 7 heteroatoms. The minimum Gasteiger partial charge on any atom is -0.274 e. The molecule has 1 aromatic heterocycles. The Balaban J connectivity index is 1.65. The summed E-state index contributed by atoms with van der Waals surface area (Å²) in [6.07, 6.45) is 1.50. The van der Waals surface area contributed by atoms with Crippen LogP contribution in [0.1, 0.15) is 60.5 Å². The second kappa shape index (κ2) is 8.84. The van der Waals surface area contributed by atoms with Crippen LogP contribution in [0.5, 0.6) is 0 Å². The number of thioether (sulfide) groups is 1. The third-order valence-electron chi connectivity index (χ3n) is 5.61. The van der Waals surface area contributed by atoms with Gasteiger partial charge in [0.1, 0.15) is 5.82 Å². The normalized spacial score (nSPS) is 15.5.